The van der Waals surface area contributed by atoms with Crippen molar-refractivity contribution in [1.29, 1.82) is 0 Å². The van der Waals surface area contributed by atoms with E-state index in [-0.39, 0.29) is 24.1 Å². The maximum absolute atomic E-state index is 13.7. The molecule has 2 aliphatic rings. The van der Waals surface area contributed by atoms with Gasteiger partial charge in [0.25, 0.3) is 0 Å². The number of imide groups is 1. The van der Waals surface area contributed by atoms with Crippen LogP contribution in [0.4, 0.5) is 18.0 Å². The molecule has 0 spiro atoms. The third-order valence-electron chi connectivity index (χ3n) is 8.44. The second-order valence-corrected chi connectivity index (χ2v) is 11.5. The molecule has 45 heavy (non-hydrogen) atoms. The highest BCUT2D eigenvalue weighted by Crippen LogP contribution is 2.37. The zero-order valence-electron chi connectivity index (χ0n) is 26.2. The molecule has 0 bridgehead atoms. The number of hydrogen-bond acceptors (Lipinski definition) is 5. The fraction of sp³-hybridized carbons (Fsp3) is 0.400. The fourth-order valence-electron chi connectivity index (χ4n) is 5.36. The van der Waals surface area contributed by atoms with Crippen LogP contribution in [0.3, 0.4) is 0 Å². The van der Waals surface area contributed by atoms with Crippen LogP contribution in [0.2, 0.25) is 0 Å². The number of methoxy groups -OCH3 is 1. The molecule has 0 radical (unpaired) electrons. The molecule has 1 heterocycles. The van der Waals surface area contributed by atoms with Crippen molar-refractivity contribution in [2.24, 2.45) is 11.8 Å². The number of carbonyl (C=O) groups is 3. The van der Waals surface area contributed by atoms with Gasteiger partial charge < -0.3 is 14.4 Å². The molecule has 2 aromatic carbocycles. The van der Waals surface area contributed by atoms with E-state index in [4.69, 9.17) is 9.47 Å². The van der Waals surface area contributed by atoms with E-state index in [2.05, 4.69) is 6.58 Å². The van der Waals surface area contributed by atoms with E-state index in [1.165, 1.54) is 13.2 Å². The zero-order chi connectivity index (χ0) is 33.1. The number of allylic oxidation sites excluding steroid dienone is 3. The Balaban J connectivity index is 1.57. The van der Waals surface area contributed by atoms with Crippen molar-refractivity contribution in [1.82, 2.24) is 9.80 Å². The summed E-state index contributed by atoms with van der Waals surface area (Å²) in [5.41, 5.74) is 1.62. The van der Waals surface area contributed by atoms with E-state index < -0.39 is 41.8 Å². The van der Waals surface area contributed by atoms with Gasteiger partial charge in [-0.25, -0.2) is 9.69 Å². The van der Waals surface area contributed by atoms with Crippen LogP contribution in [0.1, 0.15) is 68.9 Å². The number of amides is 3. The number of halogens is 3. The quantitative estimate of drug-likeness (QED) is 0.189. The standard InChI is InChI=1S/C35H39F3N2O5/c1-7-39(33(42)26-14-15-26)20-27-19-28(35(36,37)38)16-17-29(27)23(4)30(44-6)18-13-21(2)22(3)32(41)40-24(5)31(45-34(40)43)25-11-9-8-10-12-25/h8-13,16-19,22,24,26,31H,4,7,14-15,20H2,1-3,5-6H3/b21-13+,30-18+/t22-,24-,31-/m1/s1. The molecular formula is C35H39F3N2O5. The van der Waals surface area contributed by atoms with Crippen LogP contribution in [0, 0.1) is 11.8 Å². The lowest BCUT2D eigenvalue weighted by atomic mass is 9.95. The summed E-state index contributed by atoms with van der Waals surface area (Å²) in [6.07, 6.45) is -1.03. The van der Waals surface area contributed by atoms with Crippen LogP contribution in [0.25, 0.3) is 5.57 Å². The summed E-state index contributed by atoms with van der Waals surface area (Å²) < 4.78 is 52.1. The molecule has 2 aromatic rings. The molecule has 0 N–H and O–H groups in total. The van der Waals surface area contributed by atoms with E-state index >= 15 is 0 Å². The van der Waals surface area contributed by atoms with Crippen molar-refractivity contribution in [3.05, 3.63) is 101 Å². The first-order valence-electron chi connectivity index (χ1n) is 15.0. The molecule has 1 saturated heterocycles. The van der Waals surface area contributed by atoms with Crippen molar-refractivity contribution in [3.63, 3.8) is 0 Å². The van der Waals surface area contributed by atoms with Gasteiger partial charge >= 0.3 is 12.3 Å². The van der Waals surface area contributed by atoms with Crippen molar-refractivity contribution in [2.45, 2.75) is 65.4 Å². The summed E-state index contributed by atoms with van der Waals surface area (Å²) in [4.78, 5) is 41.6. The minimum absolute atomic E-state index is 0.00437. The summed E-state index contributed by atoms with van der Waals surface area (Å²) in [7, 11) is 1.42. The number of rotatable bonds is 11. The molecule has 7 nitrogen and oxygen atoms in total. The molecule has 240 valence electrons. The highest BCUT2D eigenvalue weighted by Gasteiger charge is 2.44. The maximum Gasteiger partial charge on any atom is 0.417 e. The van der Waals surface area contributed by atoms with Gasteiger partial charge in [-0.3, -0.25) is 9.59 Å². The predicted octanol–water partition coefficient (Wildman–Crippen LogP) is 7.70. The summed E-state index contributed by atoms with van der Waals surface area (Å²) in [6.45, 7) is 11.4. The van der Waals surface area contributed by atoms with Gasteiger partial charge in [-0.15, -0.1) is 0 Å². The van der Waals surface area contributed by atoms with Gasteiger partial charge in [0.15, 0.2) is 0 Å². The van der Waals surface area contributed by atoms with Crippen molar-refractivity contribution in [3.8, 4) is 0 Å². The van der Waals surface area contributed by atoms with Crippen LogP contribution in [0.5, 0.6) is 0 Å². The molecule has 1 aliphatic heterocycles. The van der Waals surface area contributed by atoms with Crippen LogP contribution in [-0.4, -0.2) is 47.4 Å². The van der Waals surface area contributed by atoms with Gasteiger partial charge in [-0.2, -0.15) is 13.2 Å². The predicted molar refractivity (Wildman–Crippen MR) is 164 cm³/mol. The summed E-state index contributed by atoms with van der Waals surface area (Å²) in [5, 5.41) is 0. The normalized spacial score (nSPS) is 19.6. The van der Waals surface area contributed by atoms with Crippen LogP contribution < -0.4 is 0 Å². The fourth-order valence-corrected chi connectivity index (χ4v) is 5.36. The van der Waals surface area contributed by atoms with Crippen LogP contribution >= 0.6 is 0 Å². The third kappa shape index (κ3) is 7.49. The van der Waals surface area contributed by atoms with Gasteiger partial charge in [-0.05, 0) is 75.4 Å². The Hall–Kier alpha value is -4.34. The first kappa shape index (κ1) is 33.6. The monoisotopic (exact) mass is 624 g/mol. The largest absolute Gasteiger partial charge is 0.496 e. The first-order valence-corrected chi connectivity index (χ1v) is 15.0. The molecule has 0 unspecified atom stereocenters. The molecule has 2 fully saturated rings. The lowest BCUT2D eigenvalue weighted by Crippen LogP contribution is -2.41. The molecule has 1 saturated carbocycles. The van der Waals surface area contributed by atoms with Gasteiger partial charge in [0.2, 0.25) is 11.8 Å². The molecular weight excluding hydrogens is 585 g/mol. The first-order chi connectivity index (χ1) is 21.3. The average Bonchev–Trinajstić information content (AvgIpc) is 3.83. The average molecular weight is 625 g/mol. The lowest BCUT2D eigenvalue weighted by molar-refractivity contribution is -0.137. The zero-order valence-corrected chi connectivity index (χ0v) is 26.2. The minimum atomic E-state index is -4.56. The maximum atomic E-state index is 13.7. The molecule has 0 aromatic heterocycles. The van der Waals surface area contributed by atoms with E-state index in [0.29, 0.717) is 28.8 Å². The lowest BCUT2D eigenvalue weighted by Gasteiger charge is -2.24. The van der Waals surface area contributed by atoms with E-state index in [9.17, 15) is 27.6 Å². The van der Waals surface area contributed by atoms with Gasteiger partial charge in [0.1, 0.15) is 11.9 Å². The van der Waals surface area contributed by atoms with Crippen molar-refractivity contribution >= 4 is 23.5 Å². The van der Waals surface area contributed by atoms with Crippen molar-refractivity contribution < 1.29 is 37.0 Å². The van der Waals surface area contributed by atoms with E-state index in [1.54, 1.807) is 44.7 Å². The SMILES string of the molecule is C=C(/C(=C\C=C(/C)[C@@H](C)C(=O)N1C(=O)O[C@@H](c2ccccc2)[C@H]1C)OC)c1ccc(C(F)(F)F)cc1CN(CC)C(=O)C1CC1. The summed E-state index contributed by atoms with van der Waals surface area (Å²) in [5.74, 6) is -0.993. The smallest absolute Gasteiger partial charge is 0.417 e. The second-order valence-electron chi connectivity index (χ2n) is 11.5. The van der Waals surface area contributed by atoms with Gasteiger partial charge in [-0.1, -0.05) is 54.6 Å². The Kier molecular flexibility index (Phi) is 10.3. The molecule has 1 aliphatic carbocycles. The Labute approximate surface area is 262 Å². The number of carbonyl (C=O) groups excluding carboxylic acids is 3. The molecule has 10 heteroatoms. The Morgan fingerprint density at radius 2 is 1.82 bits per heavy atom. The van der Waals surface area contributed by atoms with Crippen LogP contribution in [-0.2, 0) is 31.8 Å². The minimum Gasteiger partial charge on any atom is -0.496 e. The van der Waals surface area contributed by atoms with Crippen molar-refractivity contribution in [2.75, 3.05) is 13.7 Å². The Morgan fingerprint density at radius 3 is 2.40 bits per heavy atom. The second kappa shape index (κ2) is 13.7. The number of benzene rings is 2. The van der Waals surface area contributed by atoms with Gasteiger partial charge in [0, 0.05) is 24.6 Å². The third-order valence-corrected chi connectivity index (χ3v) is 8.44. The number of alkyl halides is 3. The molecule has 4 rings (SSSR count). The Morgan fingerprint density at radius 1 is 1.16 bits per heavy atom. The van der Waals surface area contributed by atoms with Crippen LogP contribution in [0.15, 0.2) is 78.6 Å². The number of hydrogen-bond donors (Lipinski definition) is 0. The van der Waals surface area contributed by atoms with E-state index in [1.807, 2.05) is 30.3 Å². The highest BCUT2D eigenvalue weighted by molar-refractivity contribution is 5.96. The number of nitrogens with zero attached hydrogens (tertiary/aromatic N) is 2. The summed E-state index contributed by atoms with van der Waals surface area (Å²) in [6, 6.07) is 12.1. The molecule has 3 amide bonds. The summed E-state index contributed by atoms with van der Waals surface area (Å²) >= 11 is 0. The Bertz CT molecular complexity index is 1510. The molecule has 3 atom stereocenters. The van der Waals surface area contributed by atoms with E-state index in [0.717, 1.165) is 35.4 Å². The highest BCUT2D eigenvalue weighted by atomic mass is 19.4. The topological polar surface area (TPSA) is 76.2 Å². The van der Waals surface area contributed by atoms with Gasteiger partial charge in [0.05, 0.1) is 24.6 Å². The number of cyclic esters (lactones) is 1. The number of ether oxygens (including phenoxy) is 2.